The van der Waals surface area contributed by atoms with Crippen molar-refractivity contribution in [2.45, 2.75) is 58.4 Å². The quantitative estimate of drug-likeness (QED) is 0.660. The van der Waals surface area contributed by atoms with Crippen LogP contribution >= 0.6 is 0 Å². The fourth-order valence-electron chi connectivity index (χ4n) is 3.58. The molecule has 6 heteroatoms. The normalized spacial score (nSPS) is 23.3. The van der Waals surface area contributed by atoms with E-state index in [4.69, 9.17) is 5.11 Å². The number of carboxylic acids is 1. The zero-order chi connectivity index (χ0) is 16.3. The van der Waals surface area contributed by atoms with Gasteiger partial charge in [0.15, 0.2) is 0 Å². The van der Waals surface area contributed by atoms with E-state index in [0.29, 0.717) is 6.42 Å². The second-order valence-corrected chi connectivity index (χ2v) is 7.13. The number of hydrogen-bond donors (Lipinski definition) is 3. The third kappa shape index (κ3) is 3.99. The van der Waals surface area contributed by atoms with Crippen molar-refractivity contribution in [2.75, 3.05) is 6.54 Å². The maximum Gasteiger partial charge on any atom is 0.326 e. The first-order valence-electron chi connectivity index (χ1n) is 8.14. The largest absolute Gasteiger partial charge is 0.480 e. The van der Waals surface area contributed by atoms with Crippen LogP contribution in [0.3, 0.4) is 0 Å². The molecular formula is C16H26N2O4. The number of rotatable bonds is 7. The smallest absolute Gasteiger partial charge is 0.326 e. The number of hydrogen-bond acceptors (Lipinski definition) is 3. The van der Waals surface area contributed by atoms with E-state index >= 15 is 0 Å². The Bertz CT molecular complexity index is 455. The number of carbonyl (C=O) groups is 3. The molecule has 22 heavy (non-hydrogen) atoms. The van der Waals surface area contributed by atoms with Gasteiger partial charge in [0.25, 0.3) is 0 Å². The number of amides is 2. The van der Waals surface area contributed by atoms with Crippen molar-refractivity contribution in [3.05, 3.63) is 0 Å². The average molecular weight is 310 g/mol. The zero-order valence-electron chi connectivity index (χ0n) is 13.4. The molecule has 0 aliphatic heterocycles. The molecule has 0 heterocycles. The lowest BCUT2D eigenvalue weighted by atomic mass is 10.0. The molecule has 0 saturated heterocycles. The lowest BCUT2D eigenvalue weighted by Crippen LogP contribution is -2.46. The minimum atomic E-state index is -1.04. The molecular weight excluding hydrogens is 284 g/mol. The van der Waals surface area contributed by atoms with E-state index in [-0.39, 0.29) is 29.7 Å². The Morgan fingerprint density at radius 1 is 1.23 bits per heavy atom. The molecule has 0 aromatic heterocycles. The van der Waals surface area contributed by atoms with Crippen LogP contribution in [0, 0.1) is 17.3 Å². The van der Waals surface area contributed by atoms with E-state index in [2.05, 4.69) is 10.6 Å². The lowest BCUT2D eigenvalue weighted by Gasteiger charge is -2.16. The summed E-state index contributed by atoms with van der Waals surface area (Å²) in [5.41, 5.74) is 0.210. The number of nitrogens with one attached hydrogen (secondary N) is 2. The van der Waals surface area contributed by atoms with Gasteiger partial charge in [-0.2, -0.15) is 0 Å². The van der Waals surface area contributed by atoms with Crippen LogP contribution in [0.25, 0.3) is 0 Å². The third-order valence-corrected chi connectivity index (χ3v) is 4.87. The van der Waals surface area contributed by atoms with Crippen LogP contribution in [-0.4, -0.2) is 35.5 Å². The molecule has 2 aliphatic carbocycles. The standard InChI is InChI=1S/C16H26N2O4/c1-10(2)7-12(15(21)22)18-13(19)9-17-14(20)11-8-16(11)5-3-4-6-16/h10-12H,3-9H2,1-2H3,(H,17,20)(H,18,19)(H,21,22)/t11?,12-/m0/s1. The second kappa shape index (κ2) is 6.67. The Kier molecular flexibility index (Phi) is 5.08. The summed E-state index contributed by atoms with van der Waals surface area (Å²) in [6.45, 7) is 3.66. The van der Waals surface area contributed by atoms with E-state index in [1.807, 2.05) is 13.8 Å². The van der Waals surface area contributed by atoms with Gasteiger partial charge in [-0.3, -0.25) is 9.59 Å². The van der Waals surface area contributed by atoms with Gasteiger partial charge in [-0.1, -0.05) is 26.7 Å². The molecule has 0 bridgehead atoms. The van der Waals surface area contributed by atoms with Crippen LogP contribution in [0.1, 0.15) is 52.4 Å². The number of carbonyl (C=O) groups excluding carboxylic acids is 2. The second-order valence-electron chi connectivity index (χ2n) is 7.13. The molecule has 0 aromatic carbocycles. The summed E-state index contributed by atoms with van der Waals surface area (Å²) in [6, 6.07) is -0.897. The van der Waals surface area contributed by atoms with E-state index in [0.717, 1.165) is 19.3 Å². The van der Waals surface area contributed by atoms with E-state index in [1.54, 1.807) is 0 Å². The Hall–Kier alpha value is -1.59. The van der Waals surface area contributed by atoms with Gasteiger partial charge in [0, 0.05) is 5.92 Å². The van der Waals surface area contributed by atoms with Crippen LogP contribution in [0.15, 0.2) is 0 Å². The SMILES string of the molecule is CC(C)C[C@H](NC(=O)CNC(=O)C1CC12CCCC2)C(=O)O. The molecule has 1 spiro atoms. The molecule has 0 aromatic rings. The first kappa shape index (κ1) is 16.8. The zero-order valence-corrected chi connectivity index (χ0v) is 13.4. The van der Waals surface area contributed by atoms with Gasteiger partial charge >= 0.3 is 5.97 Å². The fraction of sp³-hybridized carbons (Fsp3) is 0.812. The highest BCUT2D eigenvalue weighted by atomic mass is 16.4. The van der Waals surface area contributed by atoms with Crippen molar-refractivity contribution < 1.29 is 19.5 Å². The molecule has 2 fully saturated rings. The first-order chi connectivity index (χ1) is 10.3. The van der Waals surface area contributed by atoms with Crippen molar-refractivity contribution >= 4 is 17.8 Å². The van der Waals surface area contributed by atoms with Crippen molar-refractivity contribution in [1.82, 2.24) is 10.6 Å². The molecule has 0 radical (unpaired) electrons. The highest BCUT2D eigenvalue weighted by Gasteiger charge is 2.58. The minimum absolute atomic E-state index is 0.0498. The van der Waals surface area contributed by atoms with Crippen LogP contribution < -0.4 is 10.6 Å². The topological polar surface area (TPSA) is 95.5 Å². The molecule has 1 unspecified atom stereocenters. The highest BCUT2D eigenvalue weighted by molar-refractivity contribution is 5.89. The summed E-state index contributed by atoms with van der Waals surface area (Å²) < 4.78 is 0. The van der Waals surface area contributed by atoms with Crippen molar-refractivity contribution in [3.63, 3.8) is 0 Å². The monoisotopic (exact) mass is 310 g/mol. The predicted molar refractivity (Wildman–Crippen MR) is 81.0 cm³/mol. The van der Waals surface area contributed by atoms with Gasteiger partial charge in [-0.25, -0.2) is 4.79 Å². The van der Waals surface area contributed by atoms with Gasteiger partial charge in [-0.05, 0) is 37.0 Å². The van der Waals surface area contributed by atoms with Crippen LogP contribution in [0.2, 0.25) is 0 Å². The lowest BCUT2D eigenvalue weighted by molar-refractivity contribution is -0.142. The molecule has 6 nitrogen and oxygen atoms in total. The number of carboxylic acid groups (broad SMARTS) is 1. The minimum Gasteiger partial charge on any atom is -0.480 e. The fourth-order valence-corrected chi connectivity index (χ4v) is 3.58. The van der Waals surface area contributed by atoms with Crippen LogP contribution in [-0.2, 0) is 14.4 Å². The van der Waals surface area contributed by atoms with E-state index < -0.39 is 17.9 Å². The molecule has 2 atom stereocenters. The summed E-state index contributed by atoms with van der Waals surface area (Å²) in [6.07, 6.45) is 5.94. The summed E-state index contributed by atoms with van der Waals surface area (Å²) in [5, 5.41) is 14.2. The van der Waals surface area contributed by atoms with Gasteiger partial charge in [-0.15, -0.1) is 0 Å². The Morgan fingerprint density at radius 2 is 1.86 bits per heavy atom. The maximum atomic E-state index is 12.1. The Morgan fingerprint density at radius 3 is 2.41 bits per heavy atom. The molecule has 2 rings (SSSR count). The third-order valence-electron chi connectivity index (χ3n) is 4.87. The molecule has 2 amide bonds. The van der Waals surface area contributed by atoms with Crippen molar-refractivity contribution in [3.8, 4) is 0 Å². The molecule has 2 aliphatic rings. The maximum absolute atomic E-state index is 12.1. The summed E-state index contributed by atoms with van der Waals surface area (Å²) in [7, 11) is 0. The number of aliphatic carboxylic acids is 1. The predicted octanol–water partition coefficient (Wildman–Crippen LogP) is 1.30. The van der Waals surface area contributed by atoms with Gasteiger partial charge < -0.3 is 15.7 Å². The van der Waals surface area contributed by atoms with Crippen LogP contribution in [0.4, 0.5) is 0 Å². The summed E-state index contributed by atoms with van der Waals surface area (Å²) in [4.78, 5) is 35.0. The molecule has 124 valence electrons. The molecule has 2 saturated carbocycles. The van der Waals surface area contributed by atoms with Crippen molar-refractivity contribution in [1.29, 1.82) is 0 Å². The molecule has 3 N–H and O–H groups in total. The van der Waals surface area contributed by atoms with E-state index in [9.17, 15) is 14.4 Å². The first-order valence-corrected chi connectivity index (χ1v) is 8.14. The Labute approximate surface area is 131 Å². The average Bonchev–Trinajstić information content (AvgIpc) is 2.92. The van der Waals surface area contributed by atoms with Gasteiger partial charge in [0.1, 0.15) is 6.04 Å². The van der Waals surface area contributed by atoms with Crippen LogP contribution in [0.5, 0.6) is 0 Å². The summed E-state index contributed by atoms with van der Waals surface area (Å²) in [5.74, 6) is -1.32. The van der Waals surface area contributed by atoms with Gasteiger partial charge in [0.05, 0.1) is 6.54 Å². The Balaban J connectivity index is 1.73. The highest BCUT2D eigenvalue weighted by Crippen LogP contribution is 2.62. The van der Waals surface area contributed by atoms with Crippen molar-refractivity contribution in [2.24, 2.45) is 17.3 Å². The van der Waals surface area contributed by atoms with E-state index in [1.165, 1.54) is 12.8 Å². The summed E-state index contributed by atoms with van der Waals surface area (Å²) >= 11 is 0. The van der Waals surface area contributed by atoms with Gasteiger partial charge in [0.2, 0.25) is 11.8 Å².